The van der Waals surface area contributed by atoms with Gasteiger partial charge >= 0.3 is 5.97 Å². The van der Waals surface area contributed by atoms with Crippen LogP contribution in [0.2, 0.25) is 10.0 Å². The maximum atomic E-state index is 14.0. The van der Waals surface area contributed by atoms with Crippen molar-refractivity contribution in [1.82, 2.24) is 19.6 Å². The average molecular weight is 678 g/mol. The van der Waals surface area contributed by atoms with E-state index in [9.17, 15) is 24.3 Å². The Morgan fingerprint density at radius 2 is 1.76 bits per heavy atom. The number of amides is 3. The van der Waals surface area contributed by atoms with Crippen LogP contribution in [-0.2, 0) is 41.5 Å². The van der Waals surface area contributed by atoms with Gasteiger partial charge in [-0.2, -0.15) is 0 Å². The molecule has 46 heavy (non-hydrogen) atoms. The summed E-state index contributed by atoms with van der Waals surface area (Å²) in [6, 6.07) is 10.7. The highest BCUT2D eigenvalue weighted by Crippen LogP contribution is 2.23. The normalized spacial score (nSPS) is 17.3. The van der Waals surface area contributed by atoms with Gasteiger partial charge in [0.2, 0.25) is 17.7 Å². The van der Waals surface area contributed by atoms with Crippen LogP contribution in [0.3, 0.4) is 0 Å². The Hall–Kier alpha value is -3.38. The predicted octanol–water partition coefficient (Wildman–Crippen LogP) is 3.03. The number of ether oxygens (including phenoxy) is 2. The van der Waals surface area contributed by atoms with Crippen LogP contribution in [0.5, 0.6) is 5.75 Å². The Labute approximate surface area is 279 Å². The highest BCUT2D eigenvalue weighted by Gasteiger charge is 2.41. The van der Waals surface area contributed by atoms with Crippen molar-refractivity contribution in [3.8, 4) is 5.75 Å². The third-order valence-electron chi connectivity index (χ3n) is 8.22. The summed E-state index contributed by atoms with van der Waals surface area (Å²) in [5.74, 6) is -1.42. The van der Waals surface area contributed by atoms with Crippen LogP contribution < -0.4 is 0 Å². The van der Waals surface area contributed by atoms with Crippen LogP contribution in [-0.4, -0.2) is 127 Å². The number of carbonyl (C=O) groups excluding carboxylic acids is 4. The number of halogens is 2. The number of carbonyl (C=O) groups is 4. The molecule has 13 heteroatoms. The monoisotopic (exact) mass is 676 g/mol. The summed E-state index contributed by atoms with van der Waals surface area (Å²) in [4.78, 5) is 60.5. The maximum Gasteiger partial charge on any atom is 0.325 e. The standard InChI is InChI=1S/C33H42Cl2N4O7/c1-2-46-32(43)23-37(14-10-24-4-8-27(40)9-5-24)30(41)21-29-33(44)38(15-11-25-6-7-26(34)20-28(25)35)22-31(42)39(29)13-3-12-36-16-18-45-19-17-36/h4-9,20,29,40H,2-3,10-19,21-23H2,1H3. The molecule has 2 saturated heterocycles. The average Bonchev–Trinajstić information content (AvgIpc) is 3.03. The van der Waals surface area contributed by atoms with Crippen LogP contribution in [0.1, 0.15) is 30.9 Å². The molecule has 2 aliphatic heterocycles. The molecular weight excluding hydrogens is 635 g/mol. The van der Waals surface area contributed by atoms with Crippen molar-refractivity contribution in [2.75, 3.05) is 72.2 Å². The van der Waals surface area contributed by atoms with Crippen molar-refractivity contribution in [2.45, 2.75) is 38.6 Å². The number of phenols is 1. The van der Waals surface area contributed by atoms with Crippen LogP contribution in [0.25, 0.3) is 0 Å². The zero-order valence-electron chi connectivity index (χ0n) is 26.2. The topological polar surface area (TPSA) is 120 Å². The molecule has 4 rings (SSSR count). The van der Waals surface area contributed by atoms with E-state index in [2.05, 4.69) is 4.90 Å². The highest BCUT2D eigenvalue weighted by molar-refractivity contribution is 6.35. The minimum atomic E-state index is -1.02. The van der Waals surface area contributed by atoms with Gasteiger partial charge in [0.25, 0.3) is 0 Å². The highest BCUT2D eigenvalue weighted by atomic mass is 35.5. The molecule has 0 saturated carbocycles. The van der Waals surface area contributed by atoms with Crippen molar-refractivity contribution < 1.29 is 33.8 Å². The molecule has 1 N–H and O–H groups in total. The van der Waals surface area contributed by atoms with E-state index in [1.165, 1.54) is 14.7 Å². The molecule has 0 radical (unpaired) electrons. The Morgan fingerprint density at radius 3 is 2.46 bits per heavy atom. The lowest BCUT2D eigenvalue weighted by atomic mass is 10.0. The summed E-state index contributed by atoms with van der Waals surface area (Å²) < 4.78 is 10.5. The molecule has 0 bridgehead atoms. The number of benzene rings is 2. The molecule has 0 spiro atoms. The molecule has 250 valence electrons. The second-order valence-electron chi connectivity index (χ2n) is 11.4. The Bertz CT molecular complexity index is 1350. The van der Waals surface area contributed by atoms with Gasteiger partial charge < -0.3 is 29.3 Å². The van der Waals surface area contributed by atoms with Crippen LogP contribution in [0.4, 0.5) is 0 Å². The first-order valence-electron chi connectivity index (χ1n) is 15.7. The number of rotatable bonds is 15. The van der Waals surface area contributed by atoms with E-state index >= 15 is 0 Å². The van der Waals surface area contributed by atoms with Gasteiger partial charge in [-0.3, -0.25) is 24.1 Å². The van der Waals surface area contributed by atoms with Crippen molar-refractivity contribution in [3.63, 3.8) is 0 Å². The summed E-state index contributed by atoms with van der Waals surface area (Å²) in [5, 5.41) is 10.6. The second kappa shape index (κ2) is 17.5. The van der Waals surface area contributed by atoms with Crippen LogP contribution in [0.15, 0.2) is 42.5 Å². The SMILES string of the molecule is CCOC(=O)CN(CCc1ccc(O)cc1)C(=O)CC1C(=O)N(CCc2ccc(Cl)cc2Cl)CC(=O)N1CCCN1CCOCC1. The van der Waals surface area contributed by atoms with E-state index in [0.29, 0.717) is 49.1 Å². The number of esters is 1. The van der Waals surface area contributed by atoms with Gasteiger partial charge in [0.15, 0.2) is 0 Å². The molecular formula is C33H42Cl2N4O7. The van der Waals surface area contributed by atoms with Gasteiger partial charge in [-0.05, 0) is 61.6 Å². The van der Waals surface area contributed by atoms with Crippen molar-refractivity contribution in [1.29, 1.82) is 0 Å². The zero-order chi connectivity index (χ0) is 33.1. The quantitative estimate of drug-likeness (QED) is 0.286. The molecule has 2 heterocycles. The van der Waals surface area contributed by atoms with Crippen molar-refractivity contribution in [3.05, 3.63) is 63.6 Å². The van der Waals surface area contributed by atoms with E-state index in [1.807, 2.05) is 0 Å². The van der Waals surface area contributed by atoms with Gasteiger partial charge in [-0.1, -0.05) is 41.4 Å². The molecule has 3 amide bonds. The Morgan fingerprint density at radius 1 is 1.02 bits per heavy atom. The second-order valence-corrected chi connectivity index (χ2v) is 12.2. The number of hydrogen-bond donors (Lipinski definition) is 1. The fraction of sp³-hybridized carbons (Fsp3) is 0.515. The number of phenolic OH excluding ortho intramolecular Hbond substituents is 1. The van der Waals surface area contributed by atoms with Gasteiger partial charge in [0.05, 0.1) is 32.8 Å². The molecule has 1 atom stereocenters. The first kappa shape index (κ1) is 35.5. The number of nitrogens with zero attached hydrogens (tertiary/aromatic N) is 4. The molecule has 2 aromatic rings. The van der Waals surface area contributed by atoms with Gasteiger partial charge in [0, 0.05) is 49.3 Å². The number of hydrogen-bond acceptors (Lipinski definition) is 8. The first-order chi connectivity index (χ1) is 22.1. The molecule has 0 aliphatic carbocycles. The summed E-state index contributed by atoms with van der Waals surface area (Å²) in [6.45, 7) is 5.89. The minimum absolute atomic E-state index is 0.0975. The van der Waals surface area contributed by atoms with E-state index in [1.54, 1.807) is 49.4 Å². The zero-order valence-corrected chi connectivity index (χ0v) is 27.7. The summed E-state index contributed by atoms with van der Waals surface area (Å²) in [6.07, 6.45) is 1.20. The molecule has 11 nitrogen and oxygen atoms in total. The summed E-state index contributed by atoms with van der Waals surface area (Å²) in [7, 11) is 0. The van der Waals surface area contributed by atoms with E-state index < -0.39 is 17.9 Å². The molecule has 2 aliphatic rings. The minimum Gasteiger partial charge on any atom is -0.508 e. The Balaban J connectivity index is 1.50. The Kier molecular flexibility index (Phi) is 13.5. The van der Waals surface area contributed by atoms with Gasteiger partial charge in [0.1, 0.15) is 18.3 Å². The third kappa shape index (κ3) is 10.3. The van der Waals surface area contributed by atoms with Gasteiger partial charge in [-0.15, -0.1) is 0 Å². The lowest BCUT2D eigenvalue weighted by Crippen LogP contribution is -2.61. The molecule has 1 unspecified atom stereocenters. The lowest BCUT2D eigenvalue weighted by molar-refractivity contribution is -0.159. The van der Waals surface area contributed by atoms with Crippen LogP contribution >= 0.6 is 23.2 Å². The fourth-order valence-corrected chi connectivity index (χ4v) is 6.17. The molecule has 2 fully saturated rings. The van der Waals surface area contributed by atoms with E-state index in [0.717, 1.165) is 30.8 Å². The number of morpholine rings is 1. The van der Waals surface area contributed by atoms with Crippen LogP contribution in [0, 0.1) is 0 Å². The molecule has 2 aromatic carbocycles. The van der Waals surface area contributed by atoms with Gasteiger partial charge in [-0.25, -0.2) is 0 Å². The third-order valence-corrected chi connectivity index (χ3v) is 8.80. The fourth-order valence-electron chi connectivity index (χ4n) is 5.66. The van der Waals surface area contributed by atoms with E-state index in [-0.39, 0.29) is 56.8 Å². The number of aromatic hydroxyl groups is 1. The summed E-state index contributed by atoms with van der Waals surface area (Å²) in [5.41, 5.74) is 1.65. The van der Waals surface area contributed by atoms with Crippen molar-refractivity contribution >= 4 is 46.9 Å². The maximum absolute atomic E-state index is 14.0. The first-order valence-corrected chi connectivity index (χ1v) is 16.4. The lowest BCUT2D eigenvalue weighted by Gasteiger charge is -2.41. The smallest absolute Gasteiger partial charge is 0.325 e. The van der Waals surface area contributed by atoms with Crippen molar-refractivity contribution in [2.24, 2.45) is 0 Å². The predicted molar refractivity (Wildman–Crippen MR) is 174 cm³/mol. The van der Waals surface area contributed by atoms with E-state index in [4.69, 9.17) is 32.7 Å². The summed E-state index contributed by atoms with van der Waals surface area (Å²) >= 11 is 12.4. The molecule has 0 aromatic heterocycles. The largest absolute Gasteiger partial charge is 0.508 e. The number of piperazine rings is 1.